The van der Waals surface area contributed by atoms with E-state index in [1.165, 1.54) is 0 Å². The van der Waals surface area contributed by atoms with Crippen LogP contribution < -0.4 is 4.90 Å². The first-order valence-corrected chi connectivity index (χ1v) is 6.02. The highest BCUT2D eigenvalue weighted by Gasteiger charge is 2.21. The fraction of sp³-hybridized carbons (Fsp3) is 0.385. The molecule has 0 N–H and O–H groups in total. The predicted octanol–water partition coefficient (Wildman–Crippen LogP) is 2.63. The number of hydrogen-bond acceptors (Lipinski definition) is 3. The number of carbonyl (C=O) groups is 1. The Labute approximate surface area is 106 Å². The average Bonchev–Trinajstić information content (AvgIpc) is 2.39. The number of carbonyl (C=O) groups excluding carboxylic acids is 1. The third kappa shape index (κ3) is 2.59. The van der Waals surface area contributed by atoms with Crippen molar-refractivity contribution in [2.24, 2.45) is 5.92 Å². The second-order valence-corrected chi connectivity index (χ2v) is 4.69. The average molecular weight is 249 g/mol. The highest BCUT2D eigenvalue weighted by atomic mass is 35.5. The van der Waals surface area contributed by atoms with Crippen LogP contribution in [0.1, 0.15) is 18.4 Å². The van der Waals surface area contributed by atoms with Crippen molar-refractivity contribution in [3.8, 4) is 6.07 Å². The maximum Gasteiger partial charge on any atom is 0.124 e. The van der Waals surface area contributed by atoms with E-state index in [4.69, 9.17) is 16.9 Å². The quantitative estimate of drug-likeness (QED) is 0.756. The van der Waals surface area contributed by atoms with Crippen molar-refractivity contribution in [2.75, 3.05) is 18.0 Å². The topological polar surface area (TPSA) is 44.1 Å². The van der Waals surface area contributed by atoms with Gasteiger partial charge in [-0.3, -0.25) is 0 Å². The Morgan fingerprint density at radius 2 is 2.35 bits per heavy atom. The van der Waals surface area contributed by atoms with Gasteiger partial charge in [0.25, 0.3) is 0 Å². The number of piperidine rings is 1. The third-order valence-electron chi connectivity index (χ3n) is 3.07. The summed E-state index contributed by atoms with van der Waals surface area (Å²) in [5.41, 5.74) is 1.45. The summed E-state index contributed by atoms with van der Waals surface area (Å²) < 4.78 is 0. The van der Waals surface area contributed by atoms with E-state index in [9.17, 15) is 4.79 Å². The SMILES string of the molecule is N#Cc1ccc(Cl)cc1N1CCCC(C=O)C1. The van der Waals surface area contributed by atoms with Crippen LogP contribution in [0.15, 0.2) is 18.2 Å². The van der Waals surface area contributed by atoms with Crippen molar-refractivity contribution in [3.05, 3.63) is 28.8 Å². The number of halogens is 1. The molecule has 0 saturated carbocycles. The van der Waals surface area contributed by atoms with E-state index >= 15 is 0 Å². The van der Waals surface area contributed by atoms with Crippen molar-refractivity contribution in [2.45, 2.75) is 12.8 Å². The smallest absolute Gasteiger partial charge is 0.124 e. The molecule has 1 unspecified atom stereocenters. The molecular formula is C13H13ClN2O. The van der Waals surface area contributed by atoms with Gasteiger partial charge in [-0.25, -0.2) is 0 Å². The fourth-order valence-electron chi connectivity index (χ4n) is 2.20. The number of benzene rings is 1. The van der Waals surface area contributed by atoms with Gasteiger partial charge in [-0.05, 0) is 31.0 Å². The lowest BCUT2D eigenvalue weighted by molar-refractivity contribution is -0.111. The highest BCUT2D eigenvalue weighted by Crippen LogP contribution is 2.28. The van der Waals surface area contributed by atoms with E-state index in [0.29, 0.717) is 17.1 Å². The largest absolute Gasteiger partial charge is 0.370 e. The van der Waals surface area contributed by atoms with Crippen LogP contribution in [0.2, 0.25) is 5.02 Å². The molecule has 1 aromatic rings. The van der Waals surface area contributed by atoms with Gasteiger partial charge >= 0.3 is 0 Å². The summed E-state index contributed by atoms with van der Waals surface area (Å²) in [5, 5.41) is 9.69. The van der Waals surface area contributed by atoms with Gasteiger partial charge < -0.3 is 9.69 Å². The monoisotopic (exact) mass is 248 g/mol. The second kappa shape index (κ2) is 5.20. The summed E-state index contributed by atoms with van der Waals surface area (Å²) in [5.74, 6) is 0.0641. The van der Waals surface area contributed by atoms with Crippen LogP contribution in [0.3, 0.4) is 0 Å². The van der Waals surface area contributed by atoms with Gasteiger partial charge in [0.15, 0.2) is 0 Å². The number of nitrogens with zero attached hydrogens (tertiary/aromatic N) is 2. The molecule has 0 spiro atoms. The van der Waals surface area contributed by atoms with E-state index in [1.807, 2.05) is 0 Å². The van der Waals surface area contributed by atoms with Gasteiger partial charge in [-0.15, -0.1) is 0 Å². The number of nitriles is 1. The van der Waals surface area contributed by atoms with E-state index in [-0.39, 0.29) is 5.92 Å². The molecule has 1 atom stereocenters. The minimum atomic E-state index is 0.0641. The first-order valence-electron chi connectivity index (χ1n) is 5.64. The van der Waals surface area contributed by atoms with Gasteiger partial charge in [0.05, 0.1) is 11.3 Å². The van der Waals surface area contributed by atoms with Crippen molar-refractivity contribution in [3.63, 3.8) is 0 Å². The van der Waals surface area contributed by atoms with Gasteiger partial charge in [-0.1, -0.05) is 11.6 Å². The minimum Gasteiger partial charge on any atom is -0.370 e. The molecular weight excluding hydrogens is 236 g/mol. The number of rotatable bonds is 2. The molecule has 4 heteroatoms. The summed E-state index contributed by atoms with van der Waals surface area (Å²) in [7, 11) is 0. The van der Waals surface area contributed by atoms with Crippen molar-refractivity contribution in [1.82, 2.24) is 0 Å². The van der Waals surface area contributed by atoms with Crippen LogP contribution in [0.5, 0.6) is 0 Å². The summed E-state index contributed by atoms with van der Waals surface area (Å²) in [6.45, 7) is 1.55. The highest BCUT2D eigenvalue weighted by molar-refractivity contribution is 6.30. The zero-order chi connectivity index (χ0) is 12.3. The standard InChI is InChI=1S/C13H13ClN2O/c14-12-4-3-11(7-15)13(6-12)16-5-1-2-10(8-16)9-17/h3-4,6,9-10H,1-2,5,8H2. The summed E-state index contributed by atoms with van der Waals surface area (Å²) in [6.07, 6.45) is 2.91. The molecule has 17 heavy (non-hydrogen) atoms. The van der Waals surface area contributed by atoms with Gasteiger partial charge in [0, 0.05) is 24.0 Å². The van der Waals surface area contributed by atoms with Gasteiger partial charge in [0.1, 0.15) is 12.4 Å². The van der Waals surface area contributed by atoms with Crippen LogP contribution in [0.4, 0.5) is 5.69 Å². The number of hydrogen-bond donors (Lipinski definition) is 0. The molecule has 0 bridgehead atoms. The second-order valence-electron chi connectivity index (χ2n) is 4.26. The number of aldehydes is 1. The van der Waals surface area contributed by atoms with E-state index in [1.54, 1.807) is 18.2 Å². The van der Waals surface area contributed by atoms with Crippen LogP contribution >= 0.6 is 11.6 Å². The summed E-state index contributed by atoms with van der Waals surface area (Å²) >= 11 is 5.96. The first-order chi connectivity index (χ1) is 8.24. The molecule has 3 nitrogen and oxygen atoms in total. The molecule has 1 aromatic carbocycles. The maximum absolute atomic E-state index is 10.8. The summed E-state index contributed by atoms with van der Waals surface area (Å²) in [6, 6.07) is 7.40. The molecule has 1 aliphatic rings. The van der Waals surface area contributed by atoms with Gasteiger partial charge in [0.2, 0.25) is 0 Å². The van der Waals surface area contributed by atoms with Gasteiger partial charge in [-0.2, -0.15) is 5.26 Å². The Balaban J connectivity index is 2.29. The number of anilines is 1. The molecule has 0 aromatic heterocycles. The molecule has 0 aliphatic carbocycles. The molecule has 1 heterocycles. The zero-order valence-electron chi connectivity index (χ0n) is 9.40. The van der Waals surface area contributed by atoms with E-state index < -0.39 is 0 Å². The normalized spacial score (nSPS) is 19.8. The minimum absolute atomic E-state index is 0.0641. The third-order valence-corrected chi connectivity index (χ3v) is 3.31. The Morgan fingerprint density at radius 3 is 3.06 bits per heavy atom. The van der Waals surface area contributed by atoms with Crippen LogP contribution in [-0.4, -0.2) is 19.4 Å². The van der Waals surface area contributed by atoms with Crippen molar-refractivity contribution < 1.29 is 4.79 Å². The predicted molar refractivity (Wildman–Crippen MR) is 67.2 cm³/mol. The van der Waals surface area contributed by atoms with Crippen LogP contribution in [0.25, 0.3) is 0 Å². The molecule has 88 valence electrons. The lowest BCUT2D eigenvalue weighted by atomic mass is 9.98. The first kappa shape index (κ1) is 11.9. The molecule has 0 radical (unpaired) electrons. The summed E-state index contributed by atoms with van der Waals surface area (Å²) in [4.78, 5) is 12.9. The van der Waals surface area contributed by atoms with E-state index in [2.05, 4.69) is 11.0 Å². The zero-order valence-corrected chi connectivity index (χ0v) is 10.2. The van der Waals surface area contributed by atoms with Crippen molar-refractivity contribution in [1.29, 1.82) is 5.26 Å². The molecule has 0 amide bonds. The lowest BCUT2D eigenvalue weighted by Gasteiger charge is -2.32. The van der Waals surface area contributed by atoms with E-state index in [0.717, 1.165) is 31.4 Å². The molecule has 1 aliphatic heterocycles. The Hall–Kier alpha value is -1.53. The Kier molecular flexibility index (Phi) is 3.65. The fourth-order valence-corrected chi connectivity index (χ4v) is 2.37. The van der Waals surface area contributed by atoms with Crippen LogP contribution in [0, 0.1) is 17.2 Å². The maximum atomic E-state index is 10.8. The lowest BCUT2D eigenvalue weighted by Crippen LogP contribution is -2.36. The van der Waals surface area contributed by atoms with Crippen molar-refractivity contribution >= 4 is 23.6 Å². The molecule has 1 saturated heterocycles. The molecule has 1 fully saturated rings. The van der Waals surface area contributed by atoms with Crippen LogP contribution in [-0.2, 0) is 4.79 Å². The Bertz CT molecular complexity index is 467. The Morgan fingerprint density at radius 1 is 1.53 bits per heavy atom. The molecule has 2 rings (SSSR count).